The summed E-state index contributed by atoms with van der Waals surface area (Å²) in [6.45, 7) is 3.63. The first kappa shape index (κ1) is 29.2. The number of morpholine rings is 1. The number of ether oxygens (including phenoxy) is 2. The zero-order valence-corrected chi connectivity index (χ0v) is 23.2. The maximum Gasteiger partial charge on any atom is 0.254 e. The number of nitrogens with two attached hydrogens (primary N) is 1. The lowest BCUT2D eigenvalue weighted by molar-refractivity contribution is -0.146. The number of amides is 1. The molecule has 3 aromatic rings. The third-order valence-corrected chi connectivity index (χ3v) is 7.67. The Morgan fingerprint density at radius 3 is 2.69 bits per heavy atom. The van der Waals surface area contributed by atoms with Crippen molar-refractivity contribution in [1.29, 1.82) is 0 Å². The van der Waals surface area contributed by atoms with Gasteiger partial charge in [-0.2, -0.15) is 0 Å². The summed E-state index contributed by atoms with van der Waals surface area (Å²) in [5, 5.41) is 12.8. The number of benzene rings is 3. The summed E-state index contributed by atoms with van der Waals surface area (Å²) in [6, 6.07) is 17.3. The van der Waals surface area contributed by atoms with Crippen LogP contribution in [0.15, 0.2) is 60.7 Å². The number of hydrogen-bond donors (Lipinski definition) is 2. The van der Waals surface area contributed by atoms with Crippen LogP contribution in [-0.2, 0) is 21.6 Å². The third kappa shape index (κ3) is 6.51. The van der Waals surface area contributed by atoms with Gasteiger partial charge in [0.1, 0.15) is 17.5 Å². The molecular formula is C31H36ClFN2O4. The summed E-state index contributed by atoms with van der Waals surface area (Å²) < 4.78 is 26.5. The summed E-state index contributed by atoms with van der Waals surface area (Å²) >= 11 is 6.69. The number of hydrogen-bond acceptors (Lipinski definition) is 5. The highest BCUT2D eigenvalue weighted by molar-refractivity contribution is 6.33. The quantitative estimate of drug-likeness (QED) is 0.325. The first-order valence-corrected chi connectivity index (χ1v) is 13.6. The van der Waals surface area contributed by atoms with Crippen LogP contribution in [0.4, 0.5) is 4.39 Å². The molecule has 1 aliphatic heterocycles. The average molecular weight is 555 g/mol. The Balaban J connectivity index is 1.73. The zero-order valence-electron chi connectivity index (χ0n) is 22.5. The lowest BCUT2D eigenvalue weighted by atomic mass is 9.78. The smallest absolute Gasteiger partial charge is 0.254 e. The van der Waals surface area contributed by atoms with E-state index in [4.69, 9.17) is 26.8 Å². The molecule has 39 heavy (non-hydrogen) atoms. The molecule has 8 heteroatoms. The normalized spacial score (nSPS) is 17.2. The van der Waals surface area contributed by atoms with Crippen molar-refractivity contribution in [3.63, 3.8) is 0 Å². The number of methoxy groups -OCH3 is 1. The summed E-state index contributed by atoms with van der Waals surface area (Å²) in [4.78, 5) is 15.1. The van der Waals surface area contributed by atoms with Gasteiger partial charge in [-0.15, -0.1) is 0 Å². The molecule has 0 aromatic heterocycles. The lowest BCUT2D eigenvalue weighted by Gasteiger charge is -2.43. The van der Waals surface area contributed by atoms with Crippen LogP contribution in [0.3, 0.4) is 0 Å². The molecule has 0 bridgehead atoms. The van der Waals surface area contributed by atoms with Gasteiger partial charge in [-0.3, -0.25) is 4.79 Å². The van der Waals surface area contributed by atoms with Gasteiger partial charge in [-0.05, 0) is 67.6 Å². The molecule has 1 saturated heterocycles. The molecule has 3 aromatic carbocycles. The van der Waals surface area contributed by atoms with E-state index in [0.717, 1.165) is 17.5 Å². The standard InChI is InChI=1S/C31H36ClFN2O4/c1-21-8-13-27(33)24(18-21)29-25(6-5-7-26(29)32)31(37,14-3-4-16-38-2)28-20-35(15-17-39-28)30(36)23-11-9-22(19-34)10-12-23/h5-13,18,28,37H,3-4,14-17,19-20,34H2,1-2H3/t28-,31+/m1/s1. The van der Waals surface area contributed by atoms with Crippen LogP contribution < -0.4 is 5.73 Å². The van der Waals surface area contributed by atoms with E-state index in [1.807, 2.05) is 19.1 Å². The molecular weight excluding hydrogens is 519 g/mol. The summed E-state index contributed by atoms with van der Waals surface area (Å²) in [7, 11) is 1.63. The minimum Gasteiger partial charge on any atom is -0.385 e. The van der Waals surface area contributed by atoms with Gasteiger partial charge in [-0.1, -0.05) is 47.5 Å². The van der Waals surface area contributed by atoms with Crippen molar-refractivity contribution in [1.82, 2.24) is 4.90 Å². The van der Waals surface area contributed by atoms with Crippen molar-refractivity contribution >= 4 is 17.5 Å². The Hall–Kier alpha value is -2.81. The molecule has 208 valence electrons. The SMILES string of the molecule is COCCCC[C@](O)(c1cccc(Cl)c1-c1cc(C)ccc1F)[C@H]1CN(C(=O)c2ccc(CN)cc2)CCO1. The minimum absolute atomic E-state index is 0.148. The van der Waals surface area contributed by atoms with Crippen molar-refractivity contribution in [2.45, 2.75) is 44.4 Å². The molecule has 1 amide bonds. The highest BCUT2D eigenvalue weighted by Gasteiger charge is 2.44. The summed E-state index contributed by atoms with van der Waals surface area (Å²) in [5.41, 5.74) is 7.72. The Kier molecular flexibility index (Phi) is 9.75. The van der Waals surface area contributed by atoms with E-state index in [0.29, 0.717) is 59.8 Å². The molecule has 3 N–H and O–H groups in total. The number of aryl methyl sites for hydroxylation is 1. The molecule has 4 rings (SSSR count). The fraction of sp³-hybridized carbons (Fsp3) is 0.387. The van der Waals surface area contributed by atoms with Crippen LogP contribution in [0.25, 0.3) is 11.1 Å². The van der Waals surface area contributed by atoms with Gasteiger partial charge >= 0.3 is 0 Å². The fourth-order valence-electron chi connectivity index (χ4n) is 5.19. The van der Waals surface area contributed by atoms with Crippen LogP contribution in [-0.4, -0.2) is 55.4 Å². The maximum atomic E-state index is 15.2. The predicted octanol–water partition coefficient (Wildman–Crippen LogP) is 5.46. The second-order valence-electron chi connectivity index (χ2n) is 10.0. The molecule has 0 spiro atoms. The van der Waals surface area contributed by atoms with Gasteiger partial charge in [0.2, 0.25) is 0 Å². The second kappa shape index (κ2) is 13.0. The Morgan fingerprint density at radius 1 is 1.21 bits per heavy atom. The van der Waals surface area contributed by atoms with Crippen molar-refractivity contribution < 1.29 is 23.8 Å². The zero-order chi connectivity index (χ0) is 28.0. The van der Waals surface area contributed by atoms with E-state index in [1.165, 1.54) is 6.07 Å². The highest BCUT2D eigenvalue weighted by Crippen LogP contribution is 2.43. The molecule has 1 heterocycles. The van der Waals surface area contributed by atoms with Crippen LogP contribution in [0.2, 0.25) is 5.02 Å². The number of nitrogens with zero attached hydrogens (tertiary/aromatic N) is 1. The van der Waals surface area contributed by atoms with E-state index in [9.17, 15) is 9.90 Å². The fourth-order valence-corrected chi connectivity index (χ4v) is 5.46. The average Bonchev–Trinajstić information content (AvgIpc) is 2.96. The van der Waals surface area contributed by atoms with Gasteiger partial charge in [0.05, 0.1) is 13.2 Å². The first-order chi connectivity index (χ1) is 18.8. The molecule has 0 saturated carbocycles. The Morgan fingerprint density at radius 2 is 1.97 bits per heavy atom. The monoisotopic (exact) mass is 554 g/mol. The number of carbonyl (C=O) groups excluding carboxylic acids is 1. The maximum absolute atomic E-state index is 15.2. The molecule has 6 nitrogen and oxygen atoms in total. The van der Waals surface area contributed by atoms with Gasteiger partial charge in [0.15, 0.2) is 0 Å². The van der Waals surface area contributed by atoms with Crippen LogP contribution in [0, 0.1) is 12.7 Å². The molecule has 0 unspecified atom stereocenters. The predicted molar refractivity (Wildman–Crippen MR) is 151 cm³/mol. The van der Waals surface area contributed by atoms with Crippen LogP contribution >= 0.6 is 11.6 Å². The van der Waals surface area contributed by atoms with Crippen molar-refractivity contribution in [3.8, 4) is 11.1 Å². The third-order valence-electron chi connectivity index (χ3n) is 7.35. The molecule has 1 fully saturated rings. The summed E-state index contributed by atoms with van der Waals surface area (Å²) in [5.74, 6) is -0.580. The topological polar surface area (TPSA) is 85.0 Å². The summed E-state index contributed by atoms with van der Waals surface area (Å²) in [6.07, 6.45) is 0.901. The molecule has 0 aliphatic carbocycles. The number of unbranched alkanes of at least 4 members (excludes halogenated alkanes) is 1. The van der Waals surface area contributed by atoms with Crippen molar-refractivity contribution in [3.05, 3.63) is 93.8 Å². The Bertz CT molecular complexity index is 1290. The largest absolute Gasteiger partial charge is 0.385 e. The molecule has 1 aliphatic rings. The second-order valence-corrected chi connectivity index (χ2v) is 10.4. The molecule has 2 atom stereocenters. The van der Waals surface area contributed by atoms with E-state index < -0.39 is 17.5 Å². The van der Waals surface area contributed by atoms with Gasteiger partial charge in [0, 0.05) is 48.5 Å². The number of rotatable bonds is 10. The molecule has 0 radical (unpaired) electrons. The van der Waals surface area contributed by atoms with E-state index in [2.05, 4.69) is 0 Å². The van der Waals surface area contributed by atoms with E-state index >= 15 is 4.39 Å². The van der Waals surface area contributed by atoms with E-state index in [1.54, 1.807) is 54.5 Å². The first-order valence-electron chi connectivity index (χ1n) is 13.2. The number of carbonyl (C=O) groups is 1. The Labute approximate surface area is 234 Å². The van der Waals surface area contributed by atoms with E-state index in [-0.39, 0.29) is 19.1 Å². The van der Waals surface area contributed by atoms with Crippen LogP contribution in [0.5, 0.6) is 0 Å². The van der Waals surface area contributed by atoms with Crippen molar-refractivity contribution in [2.24, 2.45) is 5.73 Å². The van der Waals surface area contributed by atoms with Gasteiger partial charge in [0.25, 0.3) is 5.91 Å². The lowest BCUT2D eigenvalue weighted by Crippen LogP contribution is -2.54. The highest BCUT2D eigenvalue weighted by atomic mass is 35.5. The van der Waals surface area contributed by atoms with Crippen molar-refractivity contribution in [2.75, 3.05) is 33.4 Å². The number of aliphatic hydroxyl groups is 1. The van der Waals surface area contributed by atoms with Crippen LogP contribution in [0.1, 0.15) is 46.3 Å². The minimum atomic E-state index is -1.55. The number of halogens is 2. The van der Waals surface area contributed by atoms with Gasteiger partial charge in [-0.25, -0.2) is 4.39 Å². The van der Waals surface area contributed by atoms with Gasteiger partial charge < -0.3 is 25.2 Å².